The van der Waals surface area contributed by atoms with E-state index in [9.17, 15) is 4.79 Å². The van der Waals surface area contributed by atoms with Crippen LogP contribution in [0, 0.1) is 0 Å². The van der Waals surface area contributed by atoms with Crippen molar-refractivity contribution >= 4 is 18.7 Å². The van der Waals surface area contributed by atoms with E-state index in [2.05, 4.69) is 4.98 Å². The molecule has 3 rings (SSSR count). The van der Waals surface area contributed by atoms with Crippen LogP contribution in [-0.4, -0.2) is 60.1 Å². The number of hydrogen-bond acceptors (Lipinski definition) is 6. The second-order valence-corrected chi connectivity index (χ2v) is 9.87. The van der Waals surface area contributed by atoms with Crippen LogP contribution in [0.3, 0.4) is 0 Å². The fourth-order valence-electron chi connectivity index (χ4n) is 3.56. The smallest absolute Gasteiger partial charge is 0.481 e. The molecule has 160 valence electrons. The zero-order chi connectivity index (χ0) is 21.6. The van der Waals surface area contributed by atoms with Crippen LogP contribution in [0.1, 0.15) is 66.4 Å². The van der Waals surface area contributed by atoms with Gasteiger partial charge in [0.2, 0.25) is 5.88 Å². The molecule has 0 N–H and O–H groups in total. The molecule has 0 aromatic carbocycles. The number of pyridine rings is 1. The SMILES string of the molecule is COc1ncc(B2OC(C)(C)C(C)(C)O2)cc1C1CCN(C(=O)OC(C)(C)C)C1. The standard InChI is InChI=1S/C21H33BN2O5/c1-19(2,3)27-18(25)24-10-9-14(13-24)16-11-15(12-23-17(16)26-8)22-28-20(4,5)21(6,7)29-22/h11-12,14H,9-10,13H2,1-8H3. The molecule has 0 radical (unpaired) electrons. The molecule has 1 atom stereocenters. The van der Waals surface area contributed by atoms with E-state index in [1.165, 1.54) is 0 Å². The Morgan fingerprint density at radius 2 is 1.86 bits per heavy atom. The summed E-state index contributed by atoms with van der Waals surface area (Å²) in [5.74, 6) is 0.689. The summed E-state index contributed by atoms with van der Waals surface area (Å²) in [4.78, 5) is 18.7. The Balaban J connectivity index is 1.80. The van der Waals surface area contributed by atoms with Gasteiger partial charge in [-0.05, 0) is 54.9 Å². The molecule has 2 fully saturated rings. The van der Waals surface area contributed by atoms with Crippen molar-refractivity contribution in [3.63, 3.8) is 0 Å². The lowest BCUT2D eigenvalue weighted by Crippen LogP contribution is -2.41. The van der Waals surface area contributed by atoms with Crippen molar-refractivity contribution in [2.75, 3.05) is 20.2 Å². The summed E-state index contributed by atoms with van der Waals surface area (Å²) in [7, 11) is 1.13. The minimum atomic E-state index is -0.509. The van der Waals surface area contributed by atoms with Gasteiger partial charge in [-0.2, -0.15) is 0 Å². The molecular formula is C21H33BN2O5. The minimum Gasteiger partial charge on any atom is -0.481 e. The fraction of sp³-hybridized carbons (Fsp3) is 0.714. The summed E-state index contributed by atoms with van der Waals surface area (Å²) < 4.78 is 23.4. The molecule has 2 saturated heterocycles. The van der Waals surface area contributed by atoms with Gasteiger partial charge in [-0.25, -0.2) is 9.78 Å². The van der Waals surface area contributed by atoms with Crippen LogP contribution in [0.4, 0.5) is 4.79 Å². The van der Waals surface area contributed by atoms with Gasteiger partial charge >= 0.3 is 13.2 Å². The first-order valence-electron chi connectivity index (χ1n) is 10.2. The highest BCUT2D eigenvalue weighted by atomic mass is 16.7. The molecule has 7 nitrogen and oxygen atoms in total. The average Bonchev–Trinajstić information content (AvgIpc) is 3.16. The largest absolute Gasteiger partial charge is 0.496 e. The van der Waals surface area contributed by atoms with E-state index in [-0.39, 0.29) is 12.0 Å². The molecule has 1 amide bonds. The first-order valence-corrected chi connectivity index (χ1v) is 10.2. The van der Waals surface area contributed by atoms with Crippen LogP contribution in [0.5, 0.6) is 5.88 Å². The predicted molar refractivity (Wildman–Crippen MR) is 112 cm³/mol. The molecule has 1 aromatic heterocycles. The molecule has 2 aliphatic rings. The monoisotopic (exact) mass is 404 g/mol. The van der Waals surface area contributed by atoms with Gasteiger partial charge in [-0.15, -0.1) is 0 Å². The van der Waals surface area contributed by atoms with Crippen molar-refractivity contribution in [2.45, 2.75) is 77.6 Å². The Kier molecular flexibility index (Phi) is 5.64. The Morgan fingerprint density at radius 1 is 1.24 bits per heavy atom. The molecule has 0 saturated carbocycles. The van der Waals surface area contributed by atoms with Gasteiger partial charge < -0.3 is 23.7 Å². The van der Waals surface area contributed by atoms with Crippen molar-refractivity contribution < 1.29 is 23.6 Å². The summed E-state index contributed by atoms with van der Waals surface area (Å²) in [5, 5.41) is 0. The first kappa shape index (κ1) is 21.9. The lowest BCUT2D eigenvalue weighted by Gasteiger charge is -2.32. The summed E-state index contributed by atoms with van der Waals surface area (Å²) in [5.41, 5.74) is 0.475. The van der Waals surface area contributed by atoms with E-state index in [0.717, 1.165) is 17.4 Å². The number of carbonyl (C=O) groups excluding carboxylic acids is 1. The minimum absolute atomic E-state index is 0.118. The van der Waals surface area contributed by atoms with Gasteiger partial charge in [0.25, 0.3) is 0 Å². The molecule has 0 spiro atoms. The summed E-state index contributed by atoms with van der Waals surface area (Å²) in [6, 6.07) is 2.04. The number of rotatable bonds is 3. The highest BCUT2D eigenvalue weighted by molar-refractivity contribution is 6.62. The average molecular weight is 404 g/mol. The third-order valence-electron chi connectivity index (χ3n) is 5.90. The predicted octanol–water partition coefficient (Wildman–Crippen LogP) is 3.11. The Hall–Kier alpha value is -1.80. The third kappa shape index (κ3) is 4.53. The fourth-order valence-corrected chi connectivity index (χ4v) is 3.56. The number of nitrogens with zero attached hydrogens (tertiary/aromatic N) is 2. The number of hydrogen-bond donors (Lipinski definition) is 0. The Morgan fingerprint density at radius 3 is 2.41 bits per heavy atom. The van der Waals surface area contributed by atoms with Gasteiger partial charge in [-0.1, -0.05) is 6.07 Å². The van der Waals surface area contributed by atoms with Crippen LogP contribution in [-0.2, 0) is 14.0 Å². The van der Waals surface area contributed by atoms with Crippen LogP contribution in [0.15, 0.2) is 12.3 Å². The summed E-state index contributed by atoms with van der Waals surface area (Å²) in [6.07, 6.45) is 2.28. The maximum absolute atomic E-state index is 12.4. The molecule has 0 aliphatic carbocycles. The highest BCUT2D eigenvalue weighted by Crippen LogP contribution is 2.37. The maximum Gasteiger partial charge on any atom is 0.496 e. The van der Waals surface area contributed by atoms with E-state index < -0.39 is 23.9 Å². The number of amides is 1. The van der Waals surface area contributed by atoms with Crippen LogP contribution < -0.4 is 10.2 Å². The van der Waals surface area contributed by atoms with Crippen molar-refractivity contribution in [3.05, 3.63) is 17.8 Å². The molecule has 1 unspecified atom stereocenters. The van der Waals surface area contributed by atoms with Crippen LogP contribution in [0.2, 0.25) is 0 Å². The first-order chi connectivity index (χ1) is 13.3. The molecular weight excluding hydrogens is 371 g/mol. The molecule has 29 heavy (non-hydrogen) atoms. The Labute approximate surface area is 174 Å². The van der Waals surface area contributed by atoms with E-state index in [0.29, 0.717) is 19.0 Å². The summed E-state index contributed by atoms with van der Waals surface area (Å²) in [6.45, 7) is 14.9. The van der Waals surface area contributed by atoms with Crippen molar-refractivity contribution in [3.8, 4) is 5.88 Å². The molecule has 2 aliphatic heterocycles. The topological polar surface area (TPSA) is 70.1 Å². The second-order valence-electron chi connectivity index (χ2n) is 9.87. The van der Waals surface area contributed by atoms with E-state index >= 15 is 0 Å². The lowest BCUT2D eigenvalue weighted by atomic mass is 9.78. The highest BCUT2D eigenvalue weighted by Gasteiger charge is 2.52. The maximum atomic E-state index is 12.4. The zero-order valence-corrected chi connectivity index (χ0v) is 18.9. The van der Waals surface area contributed by atoms with E-state index in [4.69, 9.17) is 18.8 Å². The quantitative estimate of drug-likeness (QED) is 0.721. The van der Waals surface area contributed by atoms with Gasteiger partial charge in [0.15, 0.2) is 0 Å². The van der Waals surface area contributed by atoms with Gasteiger partial charge in [0.1, 0.15) is 5.60 Å². The molecule has 8 heteroatoms. The van der Waals surface area contributed by atoms with Crippen molar-refractivity contribution in [2.24, 2.45) is 0 Å². The lowest BCUT2D eigenvalue weighted by molar-refractivity contribution is 0.00578. The summed E-state index contributed by atoms with van der Waals surface area (Å²) >= 11 is 0. The van der Waals surface area contributed by atoms with Crippen LogP contribution in [0.25, 0.3) is 0 Å². The van der Waals surface area contributed by atoms with Gasteiger partial charge in [0.05, 0.1) is 18.3 Å². The molecule has 3 heterocycles. The van der Waals surface area contributed by atoms with Gasteiger partial charge in [-0.3, -0.25) is 0 Å². The molecule has 1 aromatic rings. The zero-order valence-electron chi connectivity index (χ0n) is 18.9. The van der Waals surface area contributed by atoms with Crippen LogP contribution >= 0.6 is 0 Å². The van der Waals surface area contributed by atoms with E-state index in [1.807, 2.05) is 54.5 Å². The Bertz CT molecular complexity index is 759. The van der Waals surface area contributed by atoms with E-state index in [1.54, 1.807) is 18.2 Å². The normalized spacial score (nSPS) is 23.4. The number of carbonyl (C=O) groups is 1. The number of methoxy groups -OCH3 is 1. The van der Waals surface area contributed by atoms with Crippen molar-refractivity contribution in [1.29, 1.82) is 0 Å². The number of likely N-dealkylation sites (tertiary alicyclic amines) is 1. The molecule has 0 bridgehead atoms. The van der Waals surface area contributed by atoms with Crippen molar-refractivity contribution in [1.82, 2.24) is 9.88 Å². The number of ether oxygens (including phenoxy) is 2. The number of aromatic nitrogens is 1. The second kappa shape index (κ2) is 7.47. The third-order valence-corrected chi connectivity index (χ3v) is 5.90. The van der Waals surface area contributed by atoms with Gasteiger partial charge in [0, 0.05) is 36.2 Å².